The molecule has 0 unspecified atom stereocenters. The summed E-state index contributed by atoms with van der Waals surface area (Å²) in [6, 6.07) is 16.4. The highest BCUT2D eigenvalue weighted by atomic mass is 16.5. The summed E-state index contributed by atoms with van der Waals surface area (Å²) in [4.78, 5) is 12.3. The number of nitrogen functional groups attached to an aromatic ring is 1. The normalized spacial score (nSPS) is 10.3. The Morgan fingerprint density at radius 2 is 1.96 bits per heavy atom. The van der Waals surface area contributed by atoms with Crippen LogP contribution in [0.4, 0.5) is 5.69 Å². The van der Waals surface area contributed by atoms with Gasteiger partial charge in [0.2, 0.25) is 0 Å². The molecule has 0 spiro atoms. The number of H-pyrrole nitrogens is 1. The van der Waals surface area contributed by atoms with Gasteiger partial charge in [0.05, 0.1) is 18.0 Å². The van der Waals surface area contributed by atoms with Crippen molar-refractivity contribution in [3.63, 3.8) is 0 Å². The number of benzene rings is 2. The summed E-state index contributed by atoms with van der Waals surface area (Å²) in [5, 5.41) is 6.92. The third kappa shape index (κ3) is 4.46. The van der Waals surface area contributed by atoms with Gasteiger partial charge in [-0.3, -0.25) is 20.7 Å². The number of ether oxygens (including phenoxy) is 1. The lowest BCUT2D eigenvalue weighted by Gasteiger charge is -2.10. The van der Waals surface area contributed by atoms with E-state index in [2.05, 4.69) is 27.6 Å². The fraction of sp³-hybridized carbons (Fsp3) is 0.100. The Kier molecular flexibility index (Phi) is 5.41. The molecule has 0 fully saturated rings. The van der Waals surface area contributed by atoms with Crippen LogP contribution in [0.2, 0.25) is 0 Å². The maximum atomic E-state index is 12.3. The van der Waals surface area contributed by atoms with Crippen molar-refractivity contribution in [2.75, 3.05) is 12.3 Å². The molecule has 5 N–H and O–H groups in total. The molecule has 0 aliphatic carbocycles. The van der Waals surface area contributed by atoms with Gasteiger partial charge in [-0.1, -0.05) is 18.7 Å². The van der Waals surface area contributed by atoms with Gasteiger partial charge >= 0.3 is 0 Å². The van der Waals surface area contributed by atoms with Crippen molar-refractivity contribution >= 4 is 17.3 Å². The van der Waals surface area contributed by atoms with E-state index in [0.717, 1.165) is 16.9 Å². The molecular formula is C20H21N5O2. The predicted molar refractivity (Wildman–Crippen MR) is 106 cm³/mol. The Morgan fingerprint density at radius 1 is 1.19 bits per heavy atom. The highest BCUT2D eigenvalue weighted by Gasteiger charge is 2.11. The van der Waals surface area contributed by atoms with Crippen LogP contribution in [0.5, 0.6) is 5.75 Å². The number of hydrazine groups is 1. The first-order chi connectivity index (χ1) is 13.1. The predicted octanol–water partition coefficient (Wildman–Crippen LogP) is 2.96. The Labute approximate surface area is 157 Å². The number of hydrogen-bond acceptors (Lipinski definition) is 5. The monoisotopic (exact) mass is 363 g/mol. The average Bonchev–Trinajstić information content (AvgIpc) is 3.17. The van der Waals surface area contributed by atoms with E-state index in [1.807, 2.05) is 43.3 Å². The van der Waals surface area contributed by atoms with Crippen molar-refractivity contribution in [3.8, 4) is 17.0 Å². The third-order valence-electron chi connectivity index (χ3n) is 3.85. The van der Waals surface area contributed by atoms with Crippen molar-refractivity contribution in [2.24, 2.45) is 0 Å². The van der Waals surface area contributed by atoms with Crippen molar-refractivity contribution < 1.29 is 9.53 Å². The molecule has 3 rings (SSSR count). The zero-order chi connectivity index (χ0) is 19.2. The van der Waals surface area contributed by atoms with E-state index >= 15 is 0 Å². The SMILES string of the molecule is C=C(NNC(=O)c1cc(-c2ccc(OCC)cc2)n[nH]1)c1cccc(N)c1. The molecule has 0 aliphatic rings. The van der Waals surface area contributed by atoms with Gasteiger partial charge in [-0.2, -0.15) is 5.10 Å². The van der Waals surface area contributed by atoms with Crippen molar-refractivity contribution in [1.29, 1.82) is 0 Å². The van der Waals surface area contributed by atoms with Crippen molar-refractivity contribution in [2.45, 2.75) is 6.92 Å². The molecular weight excluding hydrogens is 342 g/mol. The maximum Gasteiger partial charge on any atom is 0.287 e. The number of amides is 1. The third-order valence-corrected chi connectivity index (χ3v) is 3.85. The zero-order valence-electron chi connectivity index (χ0n) is 15.0. The van der Waals surface area contributed by atoms with Crippen molar-refractivity contribution in [1.82, 2.24) is 21.0 Å². The van der Waals surface area contributed by atoms with Gasteiger partial charge in [0.25, 0.3) is 5.91 Å². The summed E-state index contributed by atoms with van der Waals surface area (Å²) in [5.41, 5.74) is 14.9. The van der Waals surface area contributed by atoms with Crippen LogP contribution in [0.1, 0.15) is 23.0 Å². The minimum atomic E-state index is -0.357. The van der Waals surface area contributed by atoms with Crippen LogP contribution >= 0.6 is 0 Å². The number of anilines is 1. The highest BCUT2D eigenvalue weighted by Crippen LogP contribution is 2.21. The Morgan fingerprint density at radius 3 is 2.67 bits per heavy atom. The summed E-state index contributed by atoms with van der Waals surface area (Å²) in [6.07, 6.45) is 0. The van der Waals surface area contributed by atoms with E-state index in [4.69, 9.17) is 10.5 Å². The fourth-order valence-corrected chi connectivity index (χ4v) is 2.47. The molecule has 0 aliphatic heterocycles. The minimum Gasteiger partial charge on any atom is -0.494 e. The molecule has 1 aromatic heterocycles. The lowest BCUT2D eigenvalue weighted by atomic mass is 10.1. The number of aromatic amines is 1. The van der Waals surface area contributed by atoms with E-state index in [0.29, 0.717) is 29.4 Å². The first-order valence-electron chi connectivity index (χ1n) is 8.46. The van der Waals surface area contributed by atoms with Crippen LogP contribution < -0.4 is 21.3 Å². The second-order valence-electron chi connectivity index (χ2n) is 5.81. The van der Waals surface area contributed by atoms with Crippen LogP contribution in [0.3, 0.4) is 0 Å². The molecule has 0 saturated heterocycles. The van der Waals surface area contributed by atoms with E-state index in [-0.39, 0.29) is 5.91 Å². The fourth-order valence-electron chi connectivity index (χ4n) is 2.47. The summed E-state index contributed by atoms with van der Waals surface area (Å²) >= 11 is 0. The average molecular weight is 363 g/mol. The topological polar surface area (TPSA) is 105 Å². The van der Waals surface area contributed by atoms with E-state index in [1.165, 1.54) is 0 Å². The second kappa shape index (κ2) is 8.09. The Bertz CT molecular complexity index is 947. The smallest absolute Gasteiger partial charge is 0.287 e. The van der Waals surface area contributed by atoms with Crippen LogP contribution in [-0.2, 0) is 0 Å². The van der Waals surface area contributed by atoms with Crippen LogP contribution in [0, 0.1) is 0 Å². The molecule has 7 nitrogen and oxygen atoms in total. The van der Waals surface area contributed by atoms with Gasteiger partial charge in [-0.05, 0) is 49.4 Å². The molecule has 27 heavy (non-hydrogen) atoms. The molecule has 0 atom stereocenters. The van der Waals surface area contributed by atoms with Gasteiger partial charge in [0.15, 0.2) is 0 Å². The Balaban J connectivity index is 1.62. The van der Waals surface area contributed by atoms with Gasteiger partial charge in [-0.15, -0.1) is 0 Å². The van der Waals surface area contributed by atoms with Gasteiger partial charge in [0.1, 0.15) is 11.4 Å². The molecule has 0 saturated carbocycles. The van der Waals surface area contributed by atoms with Gasteiger partial charge < -0.3 is 10.5 Å². The largest absolute Gasteiger partial charge is 0.494 e. The number of rotatable bonds is 7. The lowest BCUT2D eigenvalue weighted by Crippen LogP contribution is -2.36. The van der Waals surface area contributed by atoms with Crippen LogP contribution in [-0.4, -0.2) is 22.7 Å². The number of nitrogens with zero attached hydrogens (tertiary/aromatic N) is 1. The lowest BCUT2D eigenvalue weighted by molar-refractivity contribution is 0.0937. The maximum absolute atomic E-state index is 12.3. The number of nitrogens with two attached hydrogens (primary N) is 1. The first-order valence-corrected chi connectivity index (χ1v) is 8.46. The number of aromatic nitrogens is 2. The number of hydrogen-bond donors (Lipinski definition) is 4. The van der Waals surface area contributed by atoms with E-state index in [9.17, 15) is 4.79 Å². The molecule has 7 heteroatoms. The summed E-state index contributed by atoms with van der Waals surface area (Å²) in [6.45, 7) is 6.43. The standard InChI is InChI=1S/C20H21N5O2/c1-3-27-17-9-7-14(8-10-17)18-12-19(24-23-18)20(26)25-22-13(2)15-5-4-6-16(21)11-15/h4-12,22H,2-3,21H2,1H3,(H,23,24)(H,25,26). The number of carbonyl (C=O) groups excluding carboxylic acids is 1. The second-order valence-corrected chi connectivity index (χ2v) is 5.81. The summed E-state index contributed by atoms with van der Waals surface area (Å²) in [5.74, 6) is 0.434. The number of nitrogens with one attached hydrogen (secondary N) is 3. The molecule has 3 aromatic rings. The van der Waals surface area contributed by atoms with Gasteiger partial charge in [0, 0.05) is 16.8 Å². The van der Waals surface area contributed by atoms with Gasteiger partial charge in [-0.25, -0.2) is 0 Å². The molecule has 2 aromatic carbocycles. The Hall–Kier alpha value is -3.74. The highest BCUT2D eigenvalue weighted by molar-refractivity contribution is 5.93. The van der Waals surface area contributed by atoms with Crippen LogP contribution in [0.25, 0.3) is 17.0 Å². The number of carbonyl (C=O) groups is 1. The molecule has 1 amide bonds. The first kappa shape index (κ1) is 18.1. The molecule has 0 bridgehead atoms. The van der Waals surface area contributed by atoms with Crippen molar-refractivity contribution in [3.05, 3.63) is 72.4 Å². The molecule has 138 valence electrons. The summed E-state index contributed by atoms with van der Waals surface area (Å²) < 4.78 is 5.42. The quantitative estimate of drug-likeness (QED) is 0.382. The molecule has 1 heterocycles. The van der Waals surface area contributed by atoms with Crippen LogP contribution in [0.15, 0.2) is 61.2 Å². The minimum absolute atomic E-state index is 0.326. The summed E-state index contributed by atoms with van der Waals surface area (Å²) in [7, 11) is 0. The molecule has 0 radical (unpaired) electrons. The van der Waals surface area contributed by atoms with E-state index < -0.39 is 0 Å². The van der Waals surface area contributed by atoms with E-state index in [1.54, 1.807) is 18.2 Å². The zero-order valence-corrected chi connectivity index (χ0v) is 15.0.